The minimum absolute atomic E-state index is 0.150. The van der Waals surface area contributed by atoms with Crippen molar-refractivity contribution in [2.24, 2.45) is 0 Å². The Kier molecular flexibility index (Phi) is 7.87. The lowest BCUT2D eigenvalue weighted by atomic mass is 10.2. The summed E-state index contributed by atoms with van der Waals surface area (Å²) in [5.74, 6) is 2.07. The van der Waals surface area contributed by atoms with Crippen molar-refractivity contribution in [1.29, 1.82) is 0 Å². The Bertz CT molecular complexity index is 500. The zero-order chi connectivity index (χ0) is 15.5. The number of carbonyl (C=O) groups is 1. The number of rotatable bonds is 9. The van der Waals surface area contributed by atoms with Crippen LogP contribution in [0.2, 0.25) is 0 Å². The van der Waals surface area contributed by atoms with Gasteiger partial charge in [-0.05, 0) is 18.2 Å². The number of benzene rings is 1. The second-order valence-corrected chi connectivity index (χ2v) is 4.19. The van der Waals surface area contributed by atoms with Crippen molar-refractivity contribution < 1.29 is 18.7 Å². The average molecular weight is 294 g/mol. The summed E-state index contributed by atoms with van der Waals surface area (Å²) in [4.78, 5) is 11.4. The van der Waals surface area contributed by atoms with Gasteiger partial charge in [-0.2, -0.15) is 0 Å². The van der Waals surface area contributed by atoms with Crippen LogP contribution in [-0.4, -0.2) is 39.3 Å². The molecule has 0 atom stereocenters. The highest BCUT2D eigenvalue weighted by Crippen LogP contribution is 2.19. The van der Waals surface area contributed by atoms with Crippen LogP contribution in [-0.2, 0) is 16.1 Å². The molecule has 0 heterocycles. The Labute approximate surface area is 123 Å². The zero-order valence-electron chi connectivity index (χ0n) is 11.9. The quantitative estimate of drug-likeness (QED) is 0.520. The van der Waals surface area contributed by atoms with Crippen LogP contribution in [0.15, 0.2) is 18.2 Å². The van der Waals surface area contributed by atoms with Gasteiger partial charge in [0.1, 0.15) is 11.6 Å². The summed E-state index contributed by atoms with van der Waals surface area (Å²) in [6.07, 6.45) is 5.04. The second kappa shape index (κ2) is 9.75. The van der Waals surface area contributed by atoms with E-state index < -0.39 is 0 Å². The number of hydrogen-bond acceptors (Lipinski definition) is 4. The third kappa shape index (κ3) is 6.75. The minimum Gasteiger partial charge on any atom is -0.483 e. The topological polar surface area (TPSA) is 59.6 Å². The fraction of sp³-hybridized carbons (Fsp3) is 0.400. The molecule has 114 valence electrons. The van der Waals surface area contributed by atoms with Gasteiger partial charge in [-0.25, -0.2) is 4.39 Å². The van der Waals surface area contributed by atoms with Gasteiger partial charge in [-0.1, -0.05) is 5.92 Å². The number of hydrogen-bond donors (Lipinski definition) is 2. The van der Waals surface area contributed by atoms with Crippen molar-refractivity contribution in [3.05, 3.63) is 29.6 Å². The van der Waals surface area contributed by atoms with Gasteiger partial charge in [-0.15, -0.1) is 6.42 Å². The van der Waals surface area contributed by atoms with Crippen LogP contribution >= 0.6 is 0 Å². The van der Waals surface area contributed by atoms with Crippen LogP contribution in [0.5, 0.6) is 5.75 Å². The molecule has 1 aromatic rings. The number of ether oxygens (including phenoxy) is 2. The minimum atomic E-state index is -0.359. The third-order valence-electron chi connectivity index (χ3n) is 2.57. The molecule has 2 N–H and O–H groups in total. The molecule has 0 aliphatic heterocycles. The first kappa shape index (κ1) is 17.0. The molecule has 1 rings (SSSR count). The standard InChI is InChI=1S/C15H19FN2O3/c1-3-6-18-15(19)11-21-14-5-4-13(16)9-12(14)10-17-7-8-20-2/h1,4-5,9,17H,6-8,10-11H2,2H3,(H,18,19). The van der Waals surface area contributed by atoms with E-state index in [-0.39, 0.29) is 24.9 Å². The van der Waals surface area contributed by atoms with Crippen LogP contribution in [0.1, 0.15) is 5.56 Å². The Balaban J connectivity index is 2.55. The van der Waals surface area contributed by atoms with E-state index in [0.29, 0.717) is 31.0 Å². The largest absolute Gasteiger partial charge is 0.483 e. The summed E-state index contributed by atoms with van der Waals surface area (Å²) in [6, 6.07) is 4.15. The van der Waals surface area contributed by atoms with Gasteiger partial charge in [0.05, 0.1) is 13.2 Å². The molecule has 0 unspecified atom stereocenters. The van der Waals surface area contributed by atoms with Crippen molar-refractivity contribution in [2.75, 3.05) is 33.4 Å². The molecule has 21 heavy (non-hydrogen) atoms. The van der Waals surface area contributed by atoms with E-state index in [1.54, 1.807) is 7.11 Å². The van der Waals surface area contributed by atoms with Crippen LogP contribution in [0.4, 0.5) is 4.39 Å². The fourth-order valence-corrected chi connectivity index (χ4v) is 1.57. The second-order valence-electron chi connectivity index (χ2n) is 4.19. The van der Waals surface area contributed by atoms with Gasteiger partial charge in [0.15, 0.2) is 6.61 Å². The Morgan fingerprint density at radius 2 is 2.29 bits per heavy atom. The van der Waals surface area contributed by atoms with E-state index in [1.807, 2.05) is 0 Å². The molecule has 6 heteroatoms. The first-order chi connectivity index (χ1) is 10.2. The van der Waals surface area contributed by atoms with Crippen molar-refractivity contribution in [2.45, 2.75) is 6.54 Å². The molecule has 0 saturated heterocycles. The molecule has 0 radical (unpaired) electrons. The number of halogens is 1. The number of nitrogens with one attached hydrogen (secondary N) is 2. The highest BCUT2D eigenvalue weighted by Gasteiger charge is 2.08. The lowest BCUT2D eigenvalue weighted by Gasteiger charge is -2.12. The van der Waals surface area contributed by atoms with Gasteiger partial charge in [0, 0.05) is 25.8 Å². The van der Waals surface area contributed by atoms with E-state index in [4.69, 9.17) is 15.9 Å². The number of carbonyl (C=O) groups excluding carboxylic acids is 1. The first-order valence-electron chi connectivity index (χ1n) is 6.48. The van der Waals surface area contributed by atoms with Crippen LogP contribution in [0.25, 0.3) is 0 Å². The summed E-state index contributed by atoms with van der Waals surface area (Å²) in [7, 11) is 1.60. The monoisotopic (exact) mass is 294 g/mol. The molecule has 5 nitrogen and oxygen atoms in total. The van der Waals surface area contributed by atoms with Crippen molar-refractivity contribution in [1.82, 2.24) is 10.6 Å². The van der Waals surface area contributed by atoms with Crippen molar-refractivity contribution in [3.8, 4) is 18.1 Å². The summed E-state index contributed by atoms with van der Waals surface area (Å²) in [6.45, 7) is 1.59. The van der Waals surface area contributed by atoms with Gasteiger partial charge >= 0.3 is 0 Å². The van der Waals surface area contributed by atoms with Gasteiger partial charge in [0.2, 0.25) is 0 Å². The van der Waals surface area contributed by atoms with Crippen LogP contribution in [0, 0.1) is 18.2 Å². The van der Waals surface area contributed by atoms with E-state index in [0.717, 1.165) is 0 Å². The molecule has 0 saturated carbocycles. The lowest BCUT2D eigenvalue weighted by Crippen LogP contribution is -2.29. The maximum atomic E-state index is 13.3. The van der Waals surface area contributed by atoms with Crippen molar-refractivity contribution in [3.63, 3.8) is 0 Å². The Hall–Kier alpha value is -2.10. The fourth-order valence-electron chi connectivity index (χ4n) is 1.57. The molecule has 0 spiro atoms. The summed E-state index contributed by atoms with van der Waals surface area (Å²) >= 11 is 0. The Morgan fingerprint density at radius 1 is 1.48 bits per heavy atom. The van der Waals surface area contributed by atoms with E-state index in [1.165, 1.54) is 18.2 Å². The highest BCUT2D eigenvalue weighted by atomic mass is 19.1. The summed E-state index contributed by atoms with van der Waals surface area (Å²) in [5, 5.41) is 5.58. The maximum absolute atomic E-state index is 13.3. The van der Waals surface area contributed by atoms with Crippen LogP contribution in [0.3, 0.4) is 0 Å². The number of terminal acetylenes is 1. The zero-order valence-corrected chi connectivity index (χ0v) is 11.9. The SMILES string of the molecule is C#CCNC(=O)COc1ccc(F)cc1CNCCOC. The first-order valence-corrected chi connectivity index (χ1v) is 6.48. The third-order valence-corrected chi connectivity index (χ3v) is 2.57. The predicted molar refractivity (Wildman–Crippen MR) is 77.3 cm³/mol. The molecule has 0 aromatic heterocycles. The summed E-state index contributed by atoms with van der Waals surface area (Å²) < 4.78 is 23.6. The van der Waals surface area contributed by atoms with Gasteiger partial charge in [0.25, 0.3) is 5.91 Å². The number of amides is 1. The molecule has 1 aromatic carbocycles. The highest BCUT2D eigenvalue weighted by molar-refractivity contribution is 5.77. The van der Waals surface area contributed by atoms with Gasteiger partial charge in [-0.3, -0.25) is 4.79 Å². The molecular formula is C15H19FN2O3. The predicted octanol–water partition coefficient (Wildman–Crippen LogP) is 0.690. The Morgan fingerprint density at radius 3 is 3.00 bits per heavy atom. The normalized spacial score (nSPS) is 9.95. The molecule has 1 amide bonds. The molecule has 0 aliphatic carbocycles. The van der Waals surface area contributed by atoms with E-state index >= 15 is 0 Å². The van der Waals surface area contributed by atoms with Crippen LogP contribution < -0.4 is 15.4 Å². The lowest BCUT2D eigenvalue weighted by molar-refractivity contribution is -0.122. The molecular weight excluding hydrogens is 275 g/mol. The van der Waals surface area contributed by atoms with Gasteiger partial charge < -0.3 is 20.1 Å². The number of methoxy groups -OCH3 is 1. The molecule has 0 fully saturated rings. The average Bonchev–Trinajstić information content (AvgIpc) is 2.48. The molecule has 0 aliphatic rings. The van der Waals surface area contributed by atoms with Crippen molar-refractivity contribution >= 4 is 5.91 Å². The van der Waals surface area contributed by atoms with E-state index in [2.05, 4.69) is 16.6 Å². The maximum Gasteiger partial charge on any atom is 0.258 e. The van der Waals surface area contributed by atoms with E-state index in [9.17, 15) is 9.18 Å². The summed E-state index contributed by atoms with van der Waals surface area (Å²) in [5.41, 5.74) is 0.635. The molecule has 0 bridgehead atoms. The smallest absolute Gasteiger partial charge is 0.258 e.